The van der Waals surface area contributed by atoms with Gasteiger partial charge >= 0.3 is 0 Å². The molecule has 2 aromatic rings. The molecule has 0 saturated carbocycles. The maximum atomic E-state index is 4.31. The highest BCUT2D eigenvalue weighted by atomic mass is 32.2. The predicted octanol–water partition coefficient (Wildman–Crippen LogP) is 3.80. The van der Waals surface area contributed by atoms with Gasteiger partial charge in [-0.3, -0.25) is 4.98 Å². The van der Waals surface area contributed by atoms with E-state index >= 15 is 0 Å². The Morgan fingerprint density at radius 2 is 2.23 bits per heavy atom. The summed E-state index contributed by atoms with van der Waals surface area (Å²) in [6.45, 7) is 4.43. The Bertz CT molecular complexity index is 406. The monoisotopic (exact) mass is 209 g/mol. The molecule has 0 unspecified atom stereocenters. The quantitative estimate of drug-likeness (QED) is 0.698. The van der Waals surface area contributed by atoms with E-state index in [9.17, 15) is 0 Å². The van der Waals surface area contributed by atoms with Crippen molar-refractivity contribution in [2.24, 2.45) is 0 Å². The van der Waals surface area contributed by atoms with Crippen LogP contribution >= 0.6 is 23.1 Å². The highest BCUT2D eigenvalue weighted by molar-refractivity contribution is 8.00. The number of thiophene rings is 1. The summed E-state index contributed by atoms with van der Waals surface area (Å²) in [5, 5.41) is 2.73. The third kappa shape index (κ3) is 1.86. The van der Waals surface area contributed by atoms with Crippen molar-refractivity contribution in [1.29, 1.82) is 0 Å². The van der Waals surface area contributed by atoms with Gasteiger partial charge in [-0.25, -0.2) is 0 Å². The van der Waals surface area contributed by atoms with Crippen molar-refractivity contribution in [1.82, 2.24) is 4.98 Å². The van der Waals surface area contributed by atoms with E-state index in [1.807, 2.05) is 18.0 Å². The molecule has 0 aliphatic rings. The zero-order valence-electron chi connectivity index (χ0n) is 7.65. The summed E-state index contributed by atoms with van der Waals surface area (Å²) in [4.78, 5) is 5.66. The second-order valence-electron chi connectivity index (χ2n) is 3.11. The van der Waals surface area contributed by atoms with E-state index < -0.39 is 0 Å². The van der Waals surface area contributed by atoms with Crippen molar-refractivity contribution in [2.75, 3.05) is 0 Å². The second kappa shape index (κ2) is 3.68. The molecule has 0 aliphatic heterocycles. The Kier molecular flexibility index (Phi) is 2.56. The molecule has 0 aromatic carbocycles. The van der Waals surface area contributed by atoms with Crippen LogP contribution in [0.15, 0.2) is 28.6 Å². The van der Waals surface area contributed by atoms with Crippen molar-refractivity contribution in [3.63, 3.8) is 0 Å². The number of pyridine rings is 1. The Morgan fingerprint density at radius 3 is 3.00 bits per heavy atom. The van der Waals surface area contributed by atoms with Crippen LogP contribution in [0.3, 0.4) is 0 Å². The smallest absolute Gasteiger partial charge is 0.0821 e. The van der Waals surface area contributed by atoms with Crippen molar-refractivity contribution >= 4 is 33.3 Å². The van der Waals surface area contributed by atoms with Crippen LogP contribution < -0.4 is 0 Å². The van der Waals surface area contributed by atoms with Gasteiger partial charge in [0, 0.05) is 16.3 Å². The van der Waals surface area contributed by atoms with Gasteiger partial charge in [0.05, 0.1) is 10.2 Å². The van der Waals surface area contributed by atoms with E-state index in [4.69, 9.17) is 0 Å². The molecule has 0 atom stereocenters. The third-order valence-electron chi connectivity index (χ3n) is 1.67. The minimum Gasteiger partial charge on any atom is -0.255 e. The number of aromatic nitrogens is 1. The van der Waals surface area contributed by atoms with Gasteiger partial charge in [0.2, 0.25) is 0 Å². The lowest BCUT2D eigenvalue weighted by molar-refractivity contribution is 1.11. The first-order chi connectivity index (χ1) is 6.27. The summed E-state index contributed by atoms with van der Waals surface area (Å²) in [6, 6.07) is 4.17. The van der Waals surface area contributed by atoms with Crippen LogP contribution in [-0.2, 0) is 0 Å². The summed E-state index contributed by atoms with van der Waals surface area (Å²) in [7, 11) is 0. The molecule has 0 radical (unpaired) electrons. The summed E-state index contributed by atoms with van der Waals surface area (Å²) >= 11 is 3.68. The van der Waals surface area contributed by atoms with E-state index in [0.717, 1.165) is 5.52 Å². The lowest BCUT2D eigenvalue weighted by atomic mass is 10.4. The molecule has 1 nitrogen and oxygen atoms in total. The van der Waals surface area contributed by atoms with Crippen molar-refractivity contribution < 1.29 is 0 Å². The van der Waals surface area contributed by atoms with Gasteiger partial charge in [0.15, 0.2) is 0 Å². The molecule has 13 heavy (non-hydrogen) atoms. The maximum absolute atomic E-state index is 4.31. The molecule has 0 spiro atoms. The number of hydrogen-bond acceptors (Lipinski definition) is 3. The standard InChI is InChI=1S/C10H11NS2/c1-7(2)13-9-3-5-11-8-4-6-12-10(8)9/h3-7H,1-2H3. The average Bonchev–Trinajstić information content (AvgIpc) is 2.51. The molecule has 0 fully saturated rings. The van der Waals surface area contributed by atoms with E-state index in [1.165, 1.54) is 9.60 Å². The summed E-state index contributed by atoms with van der Waals surface area (Å²) < 4.78 is 1.32. The van der Waals surface area contributed by atoms with Gasteiger partial charge in [-0.15, -0.1) is 23.1 Å². The van der Waals surface area contributed by atoms with Gasteiger partial charge in [0.25, 0.3) is 0 Å². The molecule has 2 aromatic heterocycles. The number of nitrogens with zero attached hydrogens (tertiary/aromatic N) is 1. The van der Waals surface area contributed by atoms with Crippen LogP contribution in [0.1, 0.15) is 13.8 Å². The third-order valence-corrected chi connectivity index (χ3v) is 3.80. The molecule has 2 rings (SSSR count). The summed E-state index contributed by atoms with van der Waals surface area (Å²) in [5.41, 5.74) is 1.12. The van der Waals surface area contributed by atoms with Gasteiger partial charge in [-0.2, -0.15) is 0 Å². The molecule has 0 amide bonds. The number of fused-ring (bicyclic) bond motifs is 1. The molecule has 0 bridgehead atoms. The van der Waals surface area contributed by atoms with Gasteiger partial charge in [-0.1, -0.05) is 13.8 Å². The van der Waals surface area contributed by atoms with E-state index in [0.29, 0.717) is 5.25 Å². The first-order valence-electron chi connectivity index (χ1n) is 4.26. The van der Waals surface area contributed by atoms with Crippen molar-refractivity contribution in [3.05, 3.63) is 23.7 Å². The Hall–Kier alpha value is -0.540. The topological polar surface area (TPSA) is 12.9 Å². The fourth-order valence-electron chi connectivity index (χ4n) is 1.20. The van der Waals surface area contributed by atoms with Gasteiger partial charge in [-0.05, 0) is 17.5 Å². The first-order valence-corrected chi connectivity index (χ1v) is 6.02. The lowest BCUT2D eigenvalue weighted by Crippen LogP contribution is -1.86. The predicted molar refractivity (Wildman–Crippen MR) is 60.6 cm³/mol. The minimum absolute atomic E-state index is 0.632. The van der Waals surface area contributed by atoms with Crippen molar-refractivity contribution in [3.8, 4) is 0 Å². The molecule has 0 N–H and O–H groups in total. The number of hydrogen-bond donors (Lipinski definition) is 0. The highest BCUT2D eigenvalue weighted by Crippen LogP contribution is 2.32. The zero-order valence-corrected chi connectivity index (χ0v) is 9.28. The largest absolute Gasteiger partial charge is 0.255 e. The Balaban J connectivity index is 2.48. The van der Waals surface area contributed by atoms with Crippen LogP contribution in [0, 0.1) is 0 Å². The second-order valence-corrected chi connectivity index (χ2v) is 5.65. The maximum Gasteiger partial charge on any atom is 0.0821 e. The van der Waals surface area contributed by atoms with Crippen LogP contribution in [0.4, 0.5) is 0 Å². The van der Waals surface area contributed by atoms with E-state index in [2.05, 4.69) is 36.3 Å². The highest BCUT2D eigenvalue weighted by Gasteiger charge is 2.04. The fraction of sp³-hybridized carbons (Fsp3) is 0.300. The molecule has 3 heteroatoms. The normalized spacial score (nSPS) is 11.3. The molecule has 68 valence electrons. The van der Waals surface area contributed by atoms with E-state index in [-0.39, 0.29) is 0 Å². The Labute approximate surface area is 86.2 Å². The number of thioether (sulfide) groups is 1. The lowest BCUT2D eigenvalue weighted by Gasteiger charge is -2.04. The SMILES string of the molecule is CC(C)Sc1ccnc2ccsc12. The van der Waals surface area contributed by atoms with Crippen LogP contribution in [0.25, 0.3) is 10.2 Å². The molecule has 0 aliphatic carbocycles. The minimum atomic E-state index is 0.632. The van der Waals surface area contributed by atoms with Gasteiger partial charge in [0.1, 0.15) is 0 Å². The summed E-state index contributed by atoms with van der Waals surface area (Å²) in [6.07, 6.45) is 1.89. The van der Waals surface area contributed by atoms with E-state index in [1.54, 1.807) is 11.3 Å². The van der Waals surface area contributed by atoms with Gasteiger partial charge < -0.3 is 0 Å². The zero-order chi connectivity index (χ0) is 9.26. The fourth-order valence-corrected chi connectivity index (χ4v) is 3.10. The number of rotatable bonds is 2. The Morgan fingerprint density at radius 1 is 1.38 bits per heavy atom. The molecule has 2 heterocycles. The molecular weight excluding hydrogens is 198 g/mol. The molecular formula is C10H11NS2. The summed E-state index contributed by atoms with van der Waals surface area (Å²) in [5.74, 6) is 0. The van der Waals surface area contributed by atoms with Crippen molar-refractivity contribution in [2.45, 2.75) is 24.0 Å². The average molecular weight is 209 g/mol. The van der Waals surface area contributed by atoms with Crippen LogP contribution in [0.2, 0.25) is 0 Å². The van der Waals surface area contributed by atoms with Crippen LogP contribution in [0.5, 0.6) is 0 Å². The van der Waals surface area contributed by atoms with Crippen LogP contribution in [-0.4, -0.2) is 10.2 Å². The first kappa shape index (κ1) is 9.03. The molecule has 0 saturated heterocycles.